The molecule has 0 aliphatic carbocycles. The Bertz CT molecular complexity index is 644. The first-order valence-corrected chi connectivity index (χ1v) is 6.32. The van der Waals surface area contributed by atoms with E-state index >= 15 is 0 Å². The SMILES string of the molecule is CCc1cc(C(C)C(=O)O)c(C=O)c2ccccc12. The third-order valence-electron chi connectivity index (χ3n) is 3.54. The van der Waals surface area contributed by atoms with E-state index in [1.165, 1.54) is 0 Å². The maximum Gasteiger partial charge on any atom is 0.310 e. The van der Waals surface area contributed by atoms with Crippen LogP contribution in [0.5, 0.6) is 0 Å². The van der Waals surface area contributed by atoms with Crippen LogP contribution in [0.25, 0.3) is 10.8 Å². The Balaban J connectivity index is 2.84. The molecule has 1 unspecified atom stereocenters. The highest BCUT2D eigenvalue weighted by atomic mass is 16.4. The summed E-state index contributed by atoms with van der Waals surface area (Å²) in [7, 11) is 0. The summed E-state index contributed by atoms with van der Waals surface area (Å²) < 4.78 is 0. The highest BCUT2D eigenvalue weighted by Gasteiger charge is 2.20. The summed E-state index contributed by atoms with van der Waals surface area (Å²) in [6, 6.07) is 9.48. The van der Waals surface area contributed by atoms with Crippen LogP contribution in [0, 0.1) is 0 Å². The van der Waals surface area contributed by atoms with Crippen molar-refractivity contribution >= 4 is 23.0 Å². The van der Waals surface area contributed by atoms with Crippen molar-refractivity contribution in [3.8, 4) is 0 Å². The second-order valence-corrected chi connectivity index (χ2v) is 4.62. The van der Waals surface area contributed by atoms with Crippen LogP contribution in [0.1, 0.15) is 41.3 Å². The number of carboxylic acids is 1. The summed E-state index contributed by atoms with van der Waals surface area (Å²) in [6.07, 6.45) is 1.57. The molecule has 2 rings (SSSR count). The van der Waals surface area contributed by atoms with Crippen LogP contribution < -0.4 is 0 Å². The molecule has 2 aromatic carbocycles. The van der Waals surface area contributed by atoms with Crippen molar-refractivity contribution in [3.05, 3.63) is 47.0 Å². The lowest BCUT2D eigenvalue weighted by Gasteiger charge is -2.15. The van der Waals surface area contributed by atoms with Gasteiger partial charge < -0.3 is 5.11 Å². The lowest BCUT2D eigenvalue weighted by molar-refractivity contribution is -0.138. The minimum atomic E-state index is -0.916. The van der Waals surface area contributed by atoms with Crippen molar-refractivity contribution in [1.29, 1.82) is 0 Å². The molecule has 0 heterocycles. The van der Waals surface area contributed by atoms with E-state index in [1.54, 1.807) is 6.92 Å². The Morgan fingerprint density at radius 1 is 1.32 bits per heavy atom. The zero-order valence-electron chi connectivity index (χ0n) is 11.0. The van der Waals surface area contributed by atoms with Gasteiger partial charge in [-0.2, -0.15) is 0 Å². The highest BCUT2D eigenvalue weighted by Crippen LogP contribution is 2.30. The second kappa shape index (κ2) is 5.22. The van der Waals surface area contributed by atoms with Gasteiger partial charge in [0.25, 0.3) is 0 Å². The number of carbonyl (C=O) groups is 2. The molecule has 0 spiro atoms. The van der Waals surface area contributed by atoms with Crippen molar-refractivity contribution in [3.63, 3.8) is 0 Å². The quantitative estimate of drug-likeness (QED) is 0.853. The second-order valence-electron chi connectivity index (χ2n) is 4.62. The van der Waals surface area contributed by atoms with Gasteiger partial charge in [-0.05, 0) is 35.2 Å². The number of aryl methyl sites for hydroxylation is 1. The summed E-state index contributed by atoms with van der Waals surface area (Å²) in [5, 5.41) is 11.0. The first kappa shape index (κ1) is 13.3. The van der Waals surface area contributed by atoms with E-state index in [1.807, 2.05) is 37.3 Å². The summed E-state index contributed by atoms with van der Waals surface area (Å²) in [6.45, 7) is 3.64. The molecule has 0 amide bonds. The van der Waals surface area contributed by atoms with Gasteiger partial charge in [0.15, 0.2) is 6.29 Å². The van der Waals surface area contributed by atoms with Crippen molar-refractivity contribution in [2.45, 2.75) is 26.2 Å². The van der Waals surface area contributed by atoms with Crippen LogP contribution in [0.15, 0.2) is 30.3 Å². The Morgan fingerprint density at radius 3 is 2.47 bits per heavy atom. The number of carboxylic acid groups (broad SMARTS) is 1. The number of carbonyl (C=O) groups excluding carboxylic acids is 1. The number of fused-ring (bicyclic) bond motifs is 1. The van der Waals surface area contributed by atoms with Gasteiger partial charge >= 0.3 is 5.97 Å². The van der Waals surface area contributed by atoms with E-state index in [0.29, 0.717) is 11.1 Å². The predicted molar refractivity (Wildman–Crippen MR) is 74.8 cm³/mol. The number of hydrogen-bond acceptors (Lipinski definition) is 2. The van der Waals surface area contributed by atoms with Crippen molar-refractivity contribution in [2.24, 2.45) is 0 Å². The maximum absolute atomic E-state index is 11.4. The van der Waals surface area contributed by atoms with Crippen molar-refractivity contribution in [2.75, 3.05) is 0 Å². The molecule has 0 aliphatic heterocycles. The largest absolute Gasteiger partial charge is 0.481 e. The van der Waals surface area contributed by atoms with Crippen molar-refractivity contribution in [1.82, 2.24) is 0 Å². The van der Waals surface area contributed by atoms with Gasteiger partial charge in [0.05, 0.1) is 5.92 Å². The van der Waals surface area contributed by atoms with Crippen LogP contribution in [-0.4, -0.2) is 17.4 Å². The third kappa shape index (κ3) is 2.24. The molecule has 1 N–H and O–H groups in total. The molecule has 0 bridgehead atoms. The van der Waals surface area contributed by atoms with E-state index in [2.05, 4.69) is 0 Å². The van der Waals surface area contributed by atoms with E-state index in [4.69, 9.17) is 0 Å². The van der Waals surface area contributed by atoms with Gasteiger partial charge in [0, 0.05) is 5.56 Å². The molecule has 98 valence electrons. The topological polar surface area (TPSA) is 54.4 Å². The molecule has 0 aromatic heterocycles. The first-order chi connectivity index (χ1) is 9.10. The first-order valence-electron chi connectivity index (χ1n) is 6.32. The Kier molecular flexibility index (Phi) is 3.65. The van der Waals surface area contributed by atoms with Crippen LogP contribution in [-0.2, 0) is 11.2 Å². The summed E-state index contributed by atoms with van der Waals surface area (Å²) >= 11 is 0. The number of hydrogen-bond donors (Lipinski definition) is 1. The molecule has 0 saturated heterocycles. The fourth-order valence-electron chi connectivity index (χ4n) is 2.41. The van der Waals surface area contributed by atoms with E-state index < -0.39 is 11.9 Å². The molecule has 1 atom stereocenters. The highest BCUT2D eigenvalue weighted by molar-refractivity contribution is 6.02. The monoisotopic (exact) mass is 256 g/mol. The minimum absolute atomic E-state index is 0.489. The normalized spacial score (nSPS) is 12.3. The van der Waals surface area contributed by atoms with E-state index in [-0.39, 0.29) is 0 Å². The zero-order chi connectivity index (χ0) is 14.0. The average molecular weight is 256 g/mol. The van der Waals surface area contributed by atoms with Gasteiger partial charge in [-0.15, -0.1) is 0 Å². The Labute approximate surface area is 111 Å². The molecule has 2 aromatic rings. The zero-order valence-corrected chi connectivity index (χ0v) is 11.0. The predicted octanol–water partition coefficient (Wildman–Crippen LogP) is 3.40. The molecule has 19 heavy (non-hydrogen) atoms. The smallest absolute Gasteiger partial charge is 0.310 e. The lowest BCUT2D eigenvalue weighted by atomic mass is 9.88. The average Bonchev–Trinajstić information content (AvgIpc) is 2.44. The van der Waals surface area contributed by atoms with Crippen molar-refractivity contribution < 1.29 is 14.7 Å². The number of aliphatic carboxylic acids is 1. The van der Waals surface area contributed by atoms with Gasteiger partial charge in [0.1, 0.15) is 0 Å². The fraction of sp³-hybridized carbons (Fsp3) is 0.250. The molecular weight excluding hydrogens is 240 g/mol. The molecule has 0 radical (unpaired) electrons. The standard InChI is InChI=1S/C16H16O3/c1-3-11-8-14(10(2)16(18)19)15(9-17)13-7-5-4-6-12(11)13/h4-10H,3H2,1-2H3,(H,18,19). The Morgan fingerprint density at radius 2 is 1.95 bits per heavy atom. The van der Waals surface area contributed by atoms with E-state index in [0.717, 1.165) is 29.0 Å². The van der Waals surface area contributed by atoms with Gasteiger partial charge in [-0.1, -0.05) is 37.3 Å². The number of benzene rings is 2. The number of aldehydes is 1. The summed E-state index contributed by atoms with van der Waals surface area (Å²) in [5.41, 5.74) is 2.16. The molecule has 3 nitrogen and oxygen atoms in total. The van der Waals surface area contributed by atoms with Gasteiger partial charge in [-0.25, -0.2) is 0 Å². The van der Waals surface area contributed by atoms with Crippen LogP contribution in [0.2, 0.25) is 0 Å². The van der Waals surface area contributed by atoms with Crippen LogP contribution in [0.3, 0.4) is 0 Å². The van der Waals surface area contributed by atoms with Gasteiger partial charge in [0.2, 0.25) is 0 Å². The summed E-state index contributed by atoms with van der Waals surface area (Å²) in [4.78, 5) is 22.6. The molecule has 3 heteroatoms. The van der Waals surface area contributed by atoms with Gasteiger partial charge in [-0.3, -0.25) is 9.59 Å². The third-order valence-corrected chi connectivity index (χ3v) is 3.54. The number of rotatable bonds is 4. The lowest BCUT2D eigenvalue weighted by Crippen LogP contribution is -2.11. The molecular formula is C16H16O3. The fourth-order valence-corrected chi connectivity index (χ4v) is 2.41. The Hall–Kier alpha value is -2.16. The minimum Gasteiger partial charge on any atom is -0.481 e. The molecule has 0 aliphatic rings. The molecule has 0 fully saturated rings. The molecule has 0 saturated carbocycles. The maximum atomic E-state index is 11.4. The van der Waals surface area contributed by atoms with Crippen LogP contribution in [0.4, 0.5) is 0 Å². The summed E-state index contributed by atoms with van der Waals surface area (Å²) in [5.74, 6) is -1.60. The van der Waals surface area contributed by atoms with Crippen LogP contribution >= 0.6 is 0 Å². The van der Waals surface area contributed by atoms with E-state index in [9.17, 15) is 14.7 Å².